The molecule has 0 aromatic rings. The van der Waals surface area contributed by atoms with Crippen LogP contribution in [0.3, 0.4) is 0 Å². The lowest BCUT2D eigenvalue weighted by Crippen LogP contribution is -2.33. The van der Waals surface area contributed by atoms with Crippen molar-refractivity contribution in [2.45, 2.75) is 46.2 Å². The van der Waals surface area contributed by atoms with E-state index in [0.29, 0.717) is 12.8 Å². The summed E-state index contributed by atoms with van der Waals surface area (Å²) >= 11 is 0. The molecule has 0 saturated heterocycles. The van der Waals surface area contributed by atoms with Crippen LogP contribution in [0.2, 0.25) is 0 Å². The first-order valence-electron chi connectivity index (χ1n) is 6.62. The van der Waals surface area contributed by atoms with E-state index >= 15 is 0 Å². The van der Waals surface area contributed by atoms with Gasteiger partial charge < -0.3 is 14.2 Å². The van der Waals surface area contributed by atoms with Gasteiger partial charge in [0.25, 0.3) is 0 Å². The van der Waals surface area contributed by atoms with Crippen LogP contribution in [0, 0.1) is 5.92 Å². The lowest BCUT2D eigenvalue weighted by atomic mass is 9.85. The Kier molecular flexibility index (Phi) is 5.78. The van der Waals surface area contributed by atoms with Crippen LogP contribution in [0.15, 0.2) is 11.1 Å². The lowest BCUT2D eigenvalue weighted by molar-refractivity contribution is -0.142. The average Bonchev–Trinajstić information content (AvgIpc) is 2.32. The number of aliphatic carboxylic acids is 1. The van der Waals surface area contributed by atoms with E-state index in [2.05, 4.69) is 0 Å². The highest BCUT2D eigenvalue weighted by molar-refractivity contribution is 7.54. The molecule has 1 aliphatic carbocycles. The fourth-order valence-corrected chi connectivity index (χ4v) is 4.79. The van der Waals surface area contributed by atoms with E-state index in [-0.39, 0.29) is 13.2 Å². The molecule has 1 rings (SSSR count). The minimum atomic E-state index is -3.38. The van der Waals surface area contributed by atoms with Gasteiger partial charge in [0.2, 0.25) is 0 Å². The molecule has 0 fully saturated rings. The van der Waals surface area contributed by atoms with Gasteiger partial charge >= 0.3 is 13.6 Å². The molecule has 0 spiro atoms. The van der Waals surface area contributed by atoms with Gasteiger partial charge in [-0.3, -0.25) is 9.36 Å². The zero-order valence-electron chi connectivity index (χ0n) is 12.0. The Balaban J connectivity index is 3.11. The van der Waals surface area contributed by atoms with Gasteiger partial charge in [-0.05, 0) is 40.5 Å². The third-order valence-electron chi connectivity index (χ3n) is 3.58. The maximum Gasteiger partial charge on any atom is 0.334 e. The van der Waals surface area contributed by atoms with Crippen LogP contribution in [0.5, 0.6) is 0 Å². The monoisotopic (exact) mass is 290 g/mol. The van der Waals surface area contributed by atoms with Crippen molar-refractivity contribution in [2.24, 2.45) is 5.92 Å². The molecule has 0 aromatic heterocycles. The van der Waals surface area contributed by atoms with E-state index in [1.54, 1.807) is 13.8 Å². The van der Waals surface area contributed by atoms with Gasteiger partial charge in [-0.15, -0.1) is 0 Å². The molecule has 0 radical (unpaired) electrons. The van der Waals surface area contributed by atoms with E-state index in [4.69, 9.17) is 9.05 Å². The minimum absolute atomic E-state index is 0.252. The van der Waals surface area contributed by atoms with Crippen LogP contribution in [-0.4, -0.2) is 29.9 Å². The van der Waals surface area contributed by atoms with E-state index in [1.807, 2.05) is 13.8 Å². The summed E-state index contributed by atoms with van der Waals surface area (Å²) in [6.07, 6.45) is 0.871. The molecule has 0 saturated carbocycles. The van der Waals surface area contributed by atoms with Gasteiger partial charge in [0, 0.05) is 0 Å². The molecule has 0 unspecified atom stereocenters. The topological polar surface area (TPSA) is 72.8 Å². The van der Waals surface area contributed by atoms with E-state index in [1.165, 1.54) is 0 Å². The van der Waals surface area contributed by atoms with Crippen LogP contribution < -0.4 is 0 Å². The Morgan fingerprint density at radius 3 is 2.11 bits per heavy atom. The second-order valence-corrected chi connectivity index (χ2v) is 7.12. The van der Waals surface area contributed by atoms with E-state index in [9.17, 15) is 14.5 Å². The number of carboxylic acid groups (broad SMARTS) is 1. The molecule has 1 aliphatic rings. The van der Waals surface area contributed by atoms with Crippen molar-refractivity contribution < 1.29 is 23.5 Å². The molecule has 0 amide bonds. The van der Waals surface area contributed by atoms with Crippen molar-refractivity contribution in [3.63, 3.8) is 0 Å². The van der Waals surface area contributed by atoms with Crippen LogP contribution in [0.25, 0.3) is 0 Å². The number of allylic oxidation sites excluding steroid dienone is 2. The number of carboxylic acids is 1. The van der Waals surface area contributed by atoms with Gasteiger partial charge in [0.15, 0.2) is 0 Å². The normalized spacial score (nSPS) is 24.6. The smallest absolute Gasteiger partial charge is 0.334 e. The highest BCUT2D eigenvalue weighted by Gasteiger charge is 2.46. The summed E-state index contributed by atoms with van der Waals surface area (Å²) < 4.78 is 23.4. The number of hydrogen-bond acceptors (Lipinski definition) is 4. The summed E-state index contributed by atoms with van der Waals surface area (Å²) in [5.74, 6) is -1.64. The summed E-state index contributed by atoms with van der Waals surface area (Å²) in [6, 6.07) is 0. The molecule has 5 nitrogen and oxygen atoms in total. The maximum atomic E-state index is 12.8. The fraction of sp³-hybridized carbons (Fsp3) is 0.769. The predicted octanol–water partition coefficient (Wildman–Crippen LogP) is 3.45. The van der Waals surface area contributed by atoms with Crippen molar-refractivity contribution >= 4 is 13.6 Å². The molecule has 110 valence electrons. The maximum absolute atomic E-state index is 12.8. The van der Waals surface area contributed by atoms with Crippen molar-refractivity contribution in [1.29, 1.82) is 0 Å². The fourth-order valence-electron chi connectivity index (χ4n) is 2.44. The number of hydrogen-bond donors (Lipinski definition) is 1. The van der Waals surface area contributed by atoms with Gasteiger partial charge in [-0.1, -0.05) is 11.1 Å². The Hall–Kier alpha value is -0.640. The first-order valence-corrected chi connectivity index (χ1v) is 8.23. The van der Waals surface area contributed by atoms with Crippen LogP contribution >= 0.6 is 7.60 Å². The third kappa shape index (κ3) is 3.68. The molecule has 0 aromatic carbocycles. The second-order valence-electron chi connectivity index (χ2n) is 4.86. The summed E-state index contributed by atoms with van der Waals surface area (Å²) in [4.78, 5) is 11.4. The van der Waals surface area contributed by atoms with Gasteiger partial charge in [-0.2, -0.15) is 0 Å². The quantitative estimate of drug-likeness (QED) is 0.599. The third-order valence-corrected chi connectivity index (χ3v) is 6.17. The van der Waals surface area contributed by atoms with Gasteiger partial charge in [0.1, 0.15) is 0 Å². The summed E-state index contributed by atoms with van der Waals surface area (Å²) in [6.45, 7) is 7.84. The van der Waals surface area contributed by atoms with Gasteiger partial charge in [0.05, 0.1) is 24.8 Å². The molecular weight excluding hydrogens is 267 g/mol. The lowest BCUT2D eigenvalue weighted by Gasteiger charge is -2.34. The minimum Gasteiger partial charge on any atom is -0.481 e. The van der Waals surface area contributed by atoms with E-state index < -0.39 is 25.1 Å². The zero-order chi connectivity index (χ0) is 14.6. The Morgan fingerprint density at radius 1 is 1.21 bits per heavy atom. The molecule has 0 heterocycles. The van der Waals surface area contributed by atoms with Gasteiger partial charge in [-0.25, -0.2) is 0 Å². The molecule has 6 heteroatoms. The Morgan fingerprint density at radius 2 is 1.68 bits per heavy atom. The average molecular weight is 290 g/mol. The highest BCUT2D eigenvalue weighted by Crippen LogP contribution is 2.59. The first kappa shape index (κ1) is 16.4. The SMILES string of the molecule is CCOP(=O)(OCC)[C@@H]1CC(C)=C(C)C[C@H]1C(=O)O. The van der Waals surface area contributed by atoms with Crippen LogP contribution in [0.4, 0.5) is 0 Å². The van der Waals surface area contributed by atoms with Crippen molar-refractivity contribution in [3.8, 4) is 0 Å². The number of carbonyl (C=O) groups is 1. The second kappa shape index (κ2) is 6.69. The molecule has 0 aliphatic heterocycles. The van der Waals surface area contributed by atoms with Crippen molar-refractivity contribution in [2.75, 3.05) is 13.2 Å². The molecule has 0 bridgehead atoms. The first-order chi connectivity index (χ1) is 8.85. The van der Waals surface area contributed by atoms with Crippen LogP contribution in [-0.2, 0) is 18.4 Å². The van der Waals surface area contributed by atoms with Crippen molar-refractivity contribution in [1.82, 2.24) is 0 Å². The largest absolute Gasteiger partial charge is 0.481 e. The Bertz CT molecular complexity index is 405. The summed E-state index contributed by atoms with van der Waals surface area (Å²) in [5, 5.41) is 9.36. The standard InChI is InChI=1S/C13H23O5P/c1-5-17-19(16,18-6-2)12-8-10(4)9(3)7-11(12)13(14)15/h11-12H,5-8H2,1-4H3,(H,14,15)/t11-,12-/m1/s1. The van der Waals surface area contributed by atoms with E-state index in [0.717, 1.165) is 11.1 Å². The van der Waals surface area contributed by atoms with Crippen molar-refractivity contribution in [3.05, 3.63) is 11.1 Å². The Labute approximate surface area is 114 Å². The zero-order valence-corrected chi connectivity index (χ0v) is 12.9. The highest BCUT2D eigenvalue weighted by atomic mass is 31.2. The molecular formula is C13H23O5P. The molecule has 2 atom stereocenters. The van der Waals surface area contributed by atoms with Crippen LogP contribution in [0.1, 0.15) is 40.5 Å². The number of rotatable bonds is 6. The molecule has 19 heavy (non-hydrogen) atoms. The summed E-state index contributed by atoms with van der Waals surface area (Å²) in [5.41, 5.74) is 1.55. The summed E-state index contributed by atoms with van der Waals surface area (Å²) in [7, 11) is -3.38. The molecule has 1 N–H and O–H groups in total. The predicted molar refractivity (Wildman–Crippen MR) is 73.4 cm³/mol.